The molecule has 35 heavy (non-hydrogen) atoms. The fraction of sp³-hybridized carbons (Fsp3) is 0.333. The number of nitrogens with two attached hydrogens (primary N) is 2. The standard InChI is InChI=1S/C24H26F3N5O3/c1-12-9-14(10-16(30-12)20(26)27)18-19(13-5-7-15(25)8-6-13)31-22(28)32-21(18)35-17(24(2,3)4)11-34-23(29)33/h5-10,17,20H,11H2,1-4H3,(H2,29,33)(H2,28,31,32). The van der Waals surface area contributed by atoms with Gasteiger partial charge < -0.3 is 20.9 Å². The Hall–Kier alpha value is -3.89. The van der Waals surface area contributed by atoms with Crippen molar-refractivity contribution in [3.05, 3.63) is 53.6 Å². The Labute approximate surface area is 200 Å². The quantitative estimate of drug-likeness (QED) is 0.475. The van der Waals surface area contributed by atoms with Crippen molar-refractivity contribution >= 4 is 12.0 Å². The molecule has 0 saturated heterocycles. The highest BCUT2D eigenvalue weighted by atomic mass is 19.3. The maximum absolute atomic E-state index is 13.6. The summed E-state index contributed by atoms with van der Waals surface area (Å²) in [4.78, 5) is 23.7. The van der Waals surface area contributed by atoms with Crippen molar-refractivity contribution in [2.24, 2.45) is 11.1 Å². The van der Waals surface area contributed by atoms with Crippen LogP contribution in [0.1, 0.15) is 38.6 Å². The van der Waals surface area contributed by atoms with Crippen LogP contribution in [-0.2, 0) is 4.74 Å². The van der Waals surface area contributed by atoms with Crippen molar-refractivity contribution in [1.82, 2.24) is 15.0 Å². The summed E-state index contributed by atoms with van der Waals surface area (Å²) in [5, 5.41) is 0. The van der Waals surface area contributed by atoms with Gasteiger partial charge in [0.15, 0.2) is 0 Å². The molecule has 0 spiro atoms. The lowest BCUT2D eigenvalue weighted by atomic mass is 9.89. The molecule has 1 aromatic carbocycles. The molecule has 0 aliphatic carbocycles. The second kappa shape index (κ2) is 10.2. The third-order valence-electron chi connectivity index (χ3n) is 5.09. The second-order valence-electron chi connectivity index (χ2n) is 8.94. The average Bonchev–Trinajstić information content (AvgIpc) is 2.75. The molecule has 11 heteroatoms. The zero-order valence-corrected chi connectivity index (χ0v) is 19.7. The summed E-state index contributed by atoms with van der Waals surface area (Å²) in [7, 11) is 0. The van der Waals surface area contributed by atoms with Crippen molar-refractivity contribution in [3.8, 4) is 28.3 Å². The highest BCUT2D eigenvalue weighted by Crippen LogP contribution is 2.40. The maximum Gasteiger partial charge on any atom is 0.404 e. The van der Waals surface area contributed by atoms with E-state index in [0.29, 0.717) is 16.8 Å². The van der Waals surface area contributed by atoms with Crippen molar-refractivity contribution < 1.29 is 27.4 Å². The summed E-state index contributed by atoms with van der Waals surface area (Å²) in [5.74, 6) is -0.660. The number of amides is 1. The summed E-state index contributed by atoms with van der Waals surface area (Å²) in [5.41, 5.74) is 11.6. The first-order valence-corrected chi connectivity index (χ1v) is 10.6. The summed E-state index contributed by atoms with van der Waals surface area (Å²) in [6, 6.07) is 8.21. The first kappa shape index (κ1) is 25.7. The molecule has 0 fully saturated rings. The van der Waals surface area contributed by atoms with Gasteiger partial charge in [-0.05, 0) is 48.9 Å². The predicted octanol–water partition coefficient (Wildman–Crippen LogP) is 5.06. The number of pyridine rings is 1. The fourth-order valence-electron chi connectivity index (χ4n) is 3.32. The van der Waals surface area contributed by atoms with Crippen LogP contribution >= 0.6 is 0 Å². The van der Waals surface area contributed by atoms with Crippen LogP contribution < -0.4 is 16.2 Å². The molecule has 0 aliphatic heterocycles. The number of hydrogen-bond acceptors (Lipinski definition) is 7. The largest absolute Gasteiger partial charge is 0.470 e. The van der Waals surface area contributed by atoms with Crippen LogP contribution in [-0.4, -0.2) is 33.8 Å². The summed E-state index contributed by atoms with van der Waals surface area (Å²) in [6.07, 6.45) is -4.56. The molecule has 3 rings (SSSR count). The Bertz CT molecular complexity index is 1210. The number of alkyl halides is 2. The van der Waals surface area contributed by atoms with E-state index < -0.39 is 35.5 Å². The number of aryl methyl sites for hydroxylation is 1. The Kier molecular flexibility index (Phi) is 7.47. The van der Waals surface area contributed by atoms with Crippen LogP contribution in [0.3, 0.4) is 0 Å². The molecule has 0 radical (unpaired) electrons. The van der Waals surface area contributed by atoms with Gasteiger partial charge in [0.1, 0.15) is 24.2 Å². The third-order valence-corrected chi connectivity index (χ3v) is 5.09. The summed E-state index contributed by atoms with van der Waals surface area (Å²) in [6.45, 7) is 6.91. The van der Waals surface area contributed by atoms with Gasteiger partial charge in [0, 0.05) is 16.7 Å². The minimum absolute atomic E-state index is 0.0318. The van der Waals surface area contributed by atoms with Gasteiger partial charge in [-0.1, -0.05) is 20.8 Å². The Balaban J connectivity index is 2.27. The third kappa shape index (κ3) is 6.37. The van der Waals surface area contributed by atoms with Gasteiger partial charge in [0.25, 0.3) is 6.43 Å². The molecule has 0 aliphatic rings. The van der Waals surface area contributed by atoms with E-state index in [1.165, 1.54) is 30.3 Å². The minimum Gasteiger partial charge on any atom is -0.470 e. The molecular formula is C24H26F3N5O3. The van der Waals surface area contributed by atoms with Gasteiger partial charge in [-0.3, -0.25) is 4.98 Å². The molecular weight excluding hydrogens is 463 g/mol. The molecule has 2 heterocycles. The van der Waals surface area contributed by atoms with Crippen molar-refractivity contribution in [2.75, 3.05) is 12.3 Å². The first-order chi connectivity index (χ1) is 16.3. The van der Waals surface area contributed by atoms with E-state index in [0.717, 1.165) is 0 Å². The van der Waals surface area contributed by atoms with Crippen molar-refractivity contribution in [1.29, 1.82) is 0 Å². The topological polar surface area (TPSA) is 126 Å². The van der Waals surface area contributed by atoms with Gasteiger partial charge >= 0.3 is 6.09 Å². The number of carbonyl (C=O) groups is 1. The zero-order chi connectivity index (χ0) is 25.9. The van der Waals surface area contributed by atoms with Crippen molar-refractivity contribution in [2.45, 2.75) is 40.2 Å². The Morgan fingerprint density at radius 2 is 1.71 bits per heavy atom. The molecule has 2 aromatic heterocycles. The van der Waals surface area contributed by atoms with E-state index in [2.05, 4.69) is 15.0 Å². The number of primary amides is 1. The Morgan fingerprint density at radius 3 is 2.29 bits per heavy atom. The SMILES string of the molecule is Cc1cc(-c2c(OC(COC(N)=O)C(C)(C)C)nc(N)nc2-c2ccc(F)cc2)cc(C(F)F)n1. The molecule has 4 N–H and O–H groups in total. The molecule has 0 bridgehead atoms. The van der Waals surface area contributed by atoms with E-state index in [1.54, 1.807) is 13.0 Å². The zero-order valence-electron chi connectivity index (χ0n) is 19.7. The minimum atomic E-state index is -2.83. The molecule has 0 saturated carbocycles. The molecule has 3 aromatic rings. The van der Waals surface area contributed by atoms with E-state index in [1.807, 2.05) is 20.8 Å². The number of nitrogens with zero attached hydrogens (tertiary/aromatic N) is 3. The number of hydrogen-bond donors (Lipinski definition) is 2. The maximum atomic E-state index is 13.6. The van der Waals surface area contributed by atoms with Crippen LogP contribution in [0.15, 0.2) is 36.4 Å². The molecule has 1 unspecified atom stereocenters. The van der Waals surface area contributed by atoms with Crippen molar-refractivity contribution in [3.63, 3.8) is 0 Å². The second-order valence-corrected chi connectivity index (χ2v) is 8.94. The number of ether oxygens (including phenoxy) is 2. The highest BCUT2D eigenvalue weighted by Gasteiger charge is 2.31. The fourth-order valence-corrected chi connectivity index (χ4v) is 3.32. The number of halogens is 3. The van der Waals surface area contributed by atoms with E-state index in [-0.39, 0.29) is 29.7 Å². The van der Waals surface area contributed by atoms with Crippen LogP contribution in [0, 0.1) is 18.2 Å². The molecule has 1 amide bonds. The van der Waals surface area contributed by atoms with Crippen LogP contribution in [0.4, 0.5) is 23.9 Å². The van der Waals surface area contributed by atoms with Gasteiger partial charge in [-0.25, -0.2) is 22.9 Å². The van der Waals surface area contributed by atoms with Gasteiger partial charge in [0.05, 0.1) is 11.3 Å². The monoisotopic (exact) mass is 489 g/mol. The normalized spacial score (nSPS) is 12.5. The number of benzene rings is 1. The molecule has 186 valence electrons. The lowest BCUT2D eigenvalue weighted by Crippen LogP contribution is -2.38. The Morgan fingerprint density at radius 1 is 1.06 bits per heavy atom. The van der Waals surface area contributed by atoms with Crippen LogP contribution in [0.25, 0.3) is 22.4 Å². The predicted molar refractivity (Wildman–Crippen MR) is 124 cm³/mol. The lowest BCUT2D eigenvalue weighted by molar-refractivity contribution is 0.0216. The summed E-state index contributed by atoms with van der Waals surface area (Å²) < 4.78 is 51.9. The summed E-state index contributed by atoms with van der Waals surface area (Å²) >= 11 is 0. The lowest BCUT2D eigenvalue weighted by Gasteiger charge is -2.31. The van der Waals surface area contributed by atoms with Gasteiger partial charge in [-0.2, -0.15) is 4.98 Å². The number of nitrogen functional groups attached to an aromatic ring is 1. The smallest absolute Gasteiger partial charge is 0.404 e. The van der Waals surface area contributed by atoms with E-state index in [9.17, 15) is 18.0 Å². The van der Waals surface area contributed by atoms with Gasteiger partial charge in [-0.15, -0.1) is 0 Å². The molecule has 1 atom stereocenters. The van der Waals surface area contributed by atoms with Crippen LogP contribution in [0.5, 0.6) is 5.88 Å². The number of rotatable bonds is 7. The van der Waals surface area contributed by atoms with Gasteiger partial charge in [0.2, 0.25) is 11.8 Å². The first-order valence-electron chi connectivity index (χ1n) is 10.6. The average molecular weight is 489 g/mol. The number of aromatic nitrogens is 3. The highest BCUT2D eigenvalue weighted by molar-refractivity contribution is 5.85. The van der Waals surface area contributed by atoms with Crippen LogP contribution in [0.2, 0.25) is 0 Å². The number of anilines is 1. The molecule has 8 nitrogen and oxygen atoms in total. The van der Waals surface area contributed by atoms with E-state index >= 15 is 0 Å². The number of carbonyl (C=O) groups excluding carboxylic acids is 1. The van der Waals surface area contributed by atoms with E-state index in [4.69, 9.17) is 20.9 Å².